The highest BCUT2D eigenvalue weighted by molar-refractivity contribution is 8.26. The van der Waals surface area contributed by atoms with Crippen LogP contribution >= 0.6 is 24.0 Å². The molecule has 6 nitrogen and oxygen atoms in total. The number of piperidine rings is 1. The molecule has 2 aromatic heterocycles. The van der Waals surface area contributed by atoms with Crippen LogP contribution in [-0.2, 0) is 4.79 Å². The van der Waals surface area contributed by atoms with Gasteiger partial charge in [-0.05, 0) is 49.8 Å². The zero-order chi connectivity index (χ0) is 22.3. The first-order chi connectivity index (χ1) is 14.8. The number of anilines is 1. The molecule has 4 heterocycles. The van der Waals surface area contributed by atoms with E-state index in [2.05, 4.69) is 18.7 Å². The maximum atomic E-state index is 13.5. The lowest BCUT2D eigenvalue weighted by Gasteiger charge is -2.36. The summed E-state index contributed by atoms with van der Waals surface area (Å²) in [6, 6.07) is 5.56. The summed E-state index contributed by atoms with van der Waals surface area (Å²) in [5.74, 6) is 1.55. The fourth-order valence-electron chi connectivity index (χ4n) is 4.47. The van der Waals surface area contributed by atoms with E-state index in [1.54, 1.807) is 21.6 Å². The van der Waals surface area contributed by atoms with Crippen molar-refractivity contribution in [2.75, 3.05) is 18.0 Å². The topological polar surface area (TPSA) is 57.9 Å². The lowest BCUT2D eigenvalue weighted by Crippen LogP contribution is -2.40. The van der Waals surface area contributed by atoms with E-state index >= 15 is 0 Å². The summed E-state index contributed by atoms with van der Waals surface area (Å²) in [4.78, 5) is 35.8. The van der Waals surface area contributed by atoms with Gasteiger partial charge in [-0.3, -0.25) is 18.9 Å². The number of thiocarbonyl (C=S) groups is 1. The van der Waals surface area contributed by atoms with Gasteiger partial charge in [0.2, 0.25) is 0 Å². The quantitative estimate of drug-likeness (QED) is 0.508. The molecule has 2 fully saturated rings. The molecule has 2 aliphatic heterocycles. The van der Waals surface area contributed by atoms with Crippen LogP contribution in [0.4, 0.5) is 5.82 Å². The summed E-state index contributed by atoms with van der Waals surface area (Å²) in [5.41, 5.74) is 0.896. The van der Waals surface area contributed by atoms with Gasteiger partial charge in [0.25, 0.3) is 11.5 Å². The highest BCUT2D eigenvalue weighted by Gasteiger charge is 2.35. The van der Waals surface area contributed by atoms with E-state index in [9.17, 15) is 9.59 Å². The summed E-state index contributed by atoms with van der Waals surface area (Å²) in [6.45, 7) is 10.2. The van der Waals surface area contributed by atoms with Gasteiger partial charge in [0.15, 0.2) is 0 Å². The Labute approximate surface area is 192 Å². The summed E-state index contributed by atoms with van der Waals surface area (Å²) < 4.78 is 2.09. The number of aromatic nitrogens is 2. The Morgan fingerprint density at radius 3 is 2.65 bits per heavy atom. The smallest absolute Gasteiger partial charge is 0.267 e. The number of fused-ring (bicyclic) bond motifs is 1. The Hall–Kier alpha value is -2.19. The number of hydrogen-bond donors (Lipinski definition) is 0. The number of nitrogens with zero attached hydrogens (tertiary/aromatic N) is 4. The van der Waals surface area contributed by atoms with Gasteiger partial charge in [0, 0.05) is 25.3 Å². The lowest BCUT2D eigenvalue weighted by atomic mass is 9.91. The van der Waals surface area contributed by atoms with Crippen molar-refractivity contribution >= 4 is 51.7 Å². The Morgan fingerprint density at radius 1 is 1.26 bits per heavy atom. The van der Waals surface area contributed by atoms with E-state index in [0.29, 0.717) is 38.1 Å². The van der Waals surface area contributed by atoms with Gasteiger partial charge in [-0.2, -0.15) is 0 Å². The number of pyridine rings is 1. The van der Waals surface area contributed by atoms with Crippen LogP contribution in [0.5, 0.6) is 0 Å². The van der Waals surface area contributed by atoms with Gasteiger partial charge in [-0.15, -0.1) is 0 Å². The van der Waals surface area contributed by atoms with Crippen molar-refractivity contribution in [1.82, 2.24) is 14.3 Å². The molecule has 0 aromatic carbocycles. The number of rotatable bonds is 4. The molecule has 2 aromatic rings. The van der Waals surface area contributed by atoms with Crippen molar-refractivity contribution in [2.45, 2.75) is 46.6 Å². The largest absolute Gasteiger partial charge is 0.355 e. The number of carbonyl (C=O) groups excluding carboxylic acids is 1. The van der Waals surface area contributed by atoms with Crippen LogP contribution in [0.3, 0.4) is 0 Å². The van der Waals surface area contributed by atoms with Crippen molar-refractivity contribution in [1.29, 1.82) is 0 Å². The second kappa shape index (κ2) is 8.74. The molecule has 0 N–H and O–H groups in total. The van der Waals surface area contributed by atoms with Gasteiger partial charge in [-0.1, -0.05) is 50.8 Å². The normalized spacial score (nSPS) is 24.5. The number of thioether (sulfide) groups is 1. The lowest BCUT2D eigenvalue weighted by molar-refractivity contribution is -0.123. The maximum absolute atomic E-state index is 13.5. The van der Waals surface area contributed by atoms with Crippen LogP contribution in [0.2, 0.25) is 0 Å². The molecule has 2 saturated heterocycles. The molecule has 3 atom stereocenters. The molecule has 1 amide bonds. The molecule has 0 spiro atoms. The minimum atomic E-state index is -0.166. The number of hydrogen-bond acceptors (Lipinski definition) is 6. The predicted octanol–water partition coefficient (Wildman–Crippen LogP) is 4.18. The summed E-state index contributed by atoms with van der Waals surface area (Å²) >= 11 is 6.74. The van der Waals surface area contributed by atoms with E-state index in [-0.39, 0.29) is 17.5 Å². The molecular weight excluding hydrogens is 428 g/mol. The fourth-order valence-corrected chi connectivity index (χ4v) is 5.91. The maximum Gasteiger partial charge on any atom is 0.267 e. The van der Waals surface area contributed by atoms with Gasteiger partial charge < -0.3 is 4.90 Å². The van der Waals surface area contributed by atoms with E-state index in [1.165, 1.54) is 11.8 Å². The Morgan fingerprint density at radius 2 is 1.97 bits per heavy atom. The molecule has 164 valence electrons. The van der Waals surface area contributed by atoms with E-state index in [1.807, 2.05) is 32.0 Å². The first kappa shape index (κ1) is 22.0. The summed E-state index contributed by atoms with van der Waals surface area (Å²) in [5, 5.41) is 0. The molecule has 8 heteroatoms. The molecule has 0 aliphatic carbocycles. The Balaban J connectivity index is 1.86. The van der Waals surface area contributed by atoms with Gasteiger partial charge in [0.05, 0.1) is 10.5 Å². The molecule has 4 rings (SSSR count). The van der Waals surface area contributed by atoms with E-state index in [4.69, 9.17) is 17.2 Å². The fraction of sp³-hybridized carbons (Fsp3) is 0.478. The van der Waals surface area contributed by atoms with Crippen molar-refractivity contribution < 1.29 is 4.79 Å². The van der Waals surface area contributed by atoms with Crippen molar-refractivity contribution in [2.24, 2.45) is 11.8 Å². The highest BCUT2D eigenvalue weighted by Crippen LogP contribution is 2.36. The molecule has 3 unspecified atom stereocenters. The van der Waals surface area contributed by atoms with Crippen molar-refractivity contribution in [3.63, 3.8) is 0 Å². The average molecular weight is 457 g/mol. The number of amides is 1. The molecular formula is C23H28N4O2S2. The van der Waals surface area contributed by atoms with Crippen molar-refractivity contribution in [3.05, 3.63) is 45.2 Å². The second-order valence-corrected chi connectivity index (χ2v) is 10.4. The van der Waals surface area contributed by atoms with Gasteiger partial charge in [-0.25, -0.2) is 4.98 Å². The molecule has 31 heavy (non-hydrogen) atoms. The molecule has 2 aliphatic rings. The van der Waals surface area contributed by atoms with Gasteiger partial charge >= 0.3 is 0 Å². The monoisotopic (exact) mass is 456 g/mol. The Kier molecular flexibility index (Phi) is 6.21. The summed E-state index contributed by atoms with van der Waals surface area (Å²) in [7, 11) is 0. The third-order valence-electron chi connectivity index (χ3n) is 6.05. The minimum absolute atomic E-state index is 0.0255. The van der Waals surface area contributed by atoms with Crippen molar-refractivity contribution in [3.8, 4) is 0 Å². The minimum Gasteiger partial charge on any atom is -0.355 e. The second-order valence-electron chi connectivity index (χ2n) is 8.74. The first-order valence-corrected chi connectivity index (χ1v) is 12.1. The Bertz CT molecular complexity index is 1120. The molecule has 0 bridgehead atoms. The van der Waals surface area contributed by atoms with E-state index in [0.717, 1.165) is 25.9 Å². The van der Waals surface area contributed by atoms with Crippen LogP contribution < -0.4 is 10.5 Å². The highest BCUT2D eigenvalue weighted by atomic mass is 32.2. The standard InChI is InChI=1S/C23H28N4O2S2/c1-5-16(4)27-22(29)18(31-23(27)30)11-17-20(25-12-14(2)10-15(3)13-25)24-19-8-6-7-9-26(19)21(17)28/h6-9,11,14-16H,5,10,12-13H2,1-4H3/b18-11+. The zero-order valence-electron chi connectivity index (χ0n) is 18.4. The van der Waals surface area contributed by atoms with Crippen LogP contribution in [-0.4, -0.2) is 43.6 Å². The van der Waals surface area contributed by atoms with Crippen LogP contribution in [0.25, 0.3) is 11.7 Å². The zero-order valence-corrected chi connectivity index (χ0v) is 20.0. The van der Waals surface area contributed by atoms with E-state index < -0.39 is 0 Å². The van der Waals surface area contributed by atoms with Crippen LogP contribution in [0.15, 0.2) is 34.1 Å². The SMILES string of the molecule is CCC(C)N1C(=O)/C(=C\c2c(N3CC(C)CC(C)C3)nc3ccccn3c2=O)SC1=S. The average Bonchev–Trinajstić information content (AvgIpc) is 3.01. The summed E-state index contributed by atoms with van der Waals surface area (Å²) in [6.07, 6.45) is 5.40. The van der Waals surface area contributed by atoms with Gasteiger partial charge in [0.1, 0.15) is 15.8 Å². The van der Waals surface area contributed by atoms with Crippen LogP contribution in [0, 0.1) is 11.8 Å². The number of carbonyl (C=O) groups is 1. The third-order valence-corrected chi connectivity index (χ3v) is 7.38. The predicted molar refractivity (Wildman–Crippen MR) is 131 cm³/mol. The third kappa shape index (κ3) is 4.15. The van der Waals surface area contributed by atoms with Crippen LogP contribution in [0.1, 0.15) is 46.1 Å². The molecule has 0 radical (unpaired) electrons. The molecule has 0 saturated carbocycles. The first-order valence-electron chi connectivity index (χ1n) is 10.8.